The topological polar surface area (TPSA) is 99.6 Å². The first-order valence-corrected chi connectivity index (χ1v) is 9.65. The lowest BCUT2D eigenvalue weighted by molar-refractivity contribution is -0.127. The van der Waals surface area contributed by atoms with Gasteiger partial charge >= 0.3 is 6.03 Å². The molecule has 5 rings (SSSR count). The number of aryl methyl sites for hydroxylation is 1. The summed E-state index contributed by atoms with van der Waals surface area (Å²) in [5.74, 6) is -0.323. The molecule has 1 aliphatic rings. The molecule has 1 fully saturated rings. The van der Waals surface area contributed by atoms with Crippen molar-refractivity contribution in [1.82, 2.24) is 24.6 Å². The van der Waals surface area contributed by atoms with E-state index in [0.717, 1.165) is 26.9 Å². The van der Waals surface area contributed by atoms with E-state index in [-0.39, 0.29) is 18.0 Å². The predicted octanol–water partition coefficient (Wildman–Crippen LogP) is 2.15. The van der Waals surface area contributed by atoms with E-state index >= 15 is 0 Å². The average molecular weight is 401 g/mol. The quantitative estimate of drug-likeness (QED) is 0.512. The van der Waals surface area contributed by atoms with Crippen LogP contribution in [0, 0.1) is 6.92 Å². The highest BCUT2D eigenvalue weighted by molar-refractivity contribution is 6.04. The number of nitrogens with zero attached hydrogens (tertiary/aromatic N) is 3. The molecule has 3 aromatic heterocycles. The maximum absolute atomic E-state index is 12.9. The second-order valence-electron chi connectivity index (χ2n) is 7.51. The summed E-state index contributed by atoms with van der Waals surface area (Å²) in [7, 11) is 0. The van der Waals surface area contributed by atoms with E-state index in [9.17, 15) is 14.4 Å². The molecular weight excluding hydrogens is 382 g/mol. The SMILES string of the molecule is Cc1ccn2c(=O)cc(CN3C(=O)N[C@H](Cc4c[nH]c5ccccc45)C3=O)nc2c1. The number of para-hydroxylation sites is 1. The van der Waals surface area contributed by atoms with Gasteiger partial charge in [0.05, 0.1) is 12.2 Å². The van der Waals surface area contributed by atoms with E-state index in [0.29, 0.717) is 17.8 Å². The van der Waals surface area contributed by atoms with Gasteiger partial charge in [0.25, 0.3) is 11.5 Å². The van der Waals surface area contributed by atoms with Crippen LogP contribution in [0.1, 0.15) is 16.8 Å². The van der Waals surface area contributed by atoms with Crippen LogP contribution in [0.25, 0.3) is 16.6 Å². The van der Waals surface area contributed by atoms with Crippen molar-refractivity contribution in [2.24, 2.45) is 0 Å². The summed E-state index contributed by atoms with van der Waals surface area (Å²) in [5.41, 5.74) is 3.52. The van der Waals surface area contributed by atoms with E-state index in [2.05, 4.69) is 15.3 Å². The van der Waals surface area contributed by atoms with Gasteiger partial charge in [-0.05, 0) is 36.2 Å². The van der Waals surface area contributed by atoms with E-state index < -0.39 is 12.1 Å². The van der Waals surface area contributed by atoms with Gasteiger partial charge in [-0.15, -0.1) is 0 Å². The van der Waals surface area contributed by atoms with Gasteiger partial charge in [-0.1, -0.05) is 18.2 Å². The van der Waals surface area contributed by atoms with E-state index in [1.807, 2.05) is 43.5 Å². The van der Waals surface area contributed by atoms with Crippen molar-refractivity contribution in [3.63, 3.8) is 0 Å². The molecule has 150 valence electrons. The van der Waals surface area contributed by atoms with Gasteiger partial charge in [0.1, 0.15) is 11.7 Å². The Morgan fingerprint density at radius 1 is 1.10 bits per heavy atom. The fourth-order valence-electron chi connectivity index (χ4n) is 3.88. The first kappa shape index (κ1) is 18.1. The summed E-state index contributed by atoms with van der Waals surface area (Å²) in [5, 5.41) is 3.78. The van der Waals surface area contributed by atoms with Gasteiger partial charge in [-0.3, -0.25) is 18.9 Å². The third-order valence-electron chi connectivity index (χ3n) is 5.40. The van der Waals surface area contributed by atoms with Crippen LogP contribution in [0.3, 0.4) is 0 Å². The van der Waals surface area contributed by atoms with Crippen molar-refractivity contribution < 1.29 is 9.59 Å². The van der Waals surface area contributed by atoms with Crippen molar-refractivity contribution in [1.29, 1.82) is 0 Å². The zero-order valence-corrected chi connectivity index (χ0v) is 16.3. The monoisotopic (exact) mass is 401 g/mol. The van der Waals surface area contributed by atoms with Crippen molar-refractivity contribution in [3.8, 4) is 0 Å². The number of carbonyl (C=O) groups excluding carboxylic acids is 2. The van der Waals surface area contributed by atoms with Gasteiger partial charge in [0, 0.05) is 35.8 Å². The molecular formula is C22H19N5O3. The molecule has 1 saturated heterocycles. The summed E-state index contributed by atoms with van der Waals surface area (Å²) < 4.78 is 1.43. The number of imide groups is 1. The van der Waals surface area contributed by atoms with E-state index in [1.165, 1.54) is 10.5 Å². The maximum Gasteiger partial charge on any atom is 0.325 e. The second kappa shape index (κ2) is 6.84. The Hall–Kier alpha value is -3.94. The lowest BCUT2D eigenvalue weighted by atomic mass is 10.1. The highest BCUT2D eigenvalue weighted by Gasteiger charge is 2.38. The Bertz CT molecular complexity index is 1370. The average Bonchev–Trinajstić information content (AvgIpc) is 3.24. The smallest absolute Gasteiger partial charge is 0.325 e. The molecule has 1 atom stereocenters. The van der Waals surface area contributed by atoms with Gasteiger partial charge in [0.2, 0.25) is 0 Å². The van der Waals surface area contributed by atoms with Gasteiger partial charge in [-0.25, -0.2) is 9.78 Å². The molecule has 1 aromatic carbocycles. The van der Waals surface area contributed by atoms with Crippen LogP contribution in [0.15, 0.2) is 59.7 Å². The Balaban J connectivity index is 1.39. The molecule has 0 aliphatic carbocycles. The number of aromatic nitrogens is 3. The number of hydrogen-bond donors (Lipinski definition) is 2. The fourth-order valence-corrected chi connectivity index (χ4v) is 3.88. The third kappa shape index (κ3) is 3.02. The van der Waals surface area contributed by atoms with Crippen LogP contribution in [0.4, 0.5) is 4.79 Å². The minimum Gasteiger partial charge on any atom is -0.361 e. The van der Waals surface area contributed by atoms with Gasteiger partial charge in [-0.2, -0.15) is 0 Å². The Kier molecular flexibility index (Phi) is 4.13. The van der Waals surface area contributed by atoms with Crippen LogP contribution in [-0.4, -0.2) is 37.2 Å². The number of H-pyrrole nitrogens is 1. The molecule has 0 unspecified atom stereocenters. The summed E-state index contributed by atoms with van der Waals surface area (Å²) in [6.45, 7) is 1.86. The normalized spacial score (nSPS) is 16.6. The predicted molar refractivity (Wildman–Crippen MR) is 111 cm³/mol. The lowest BCUT2D eigenvalue weighted by Crippen LogP contribution is -2.32. The van der Waals surface area contributed by atoms with Crippen molar-refractivity contribution >= 4 is 28.5 Å². The van der Waals surface area contributed by atoms with Gasteiger partial charge in [0.15, 0.2) is 0 Å². The van der Waals surface area contributed by atoms with E-state index in [4.69, 9.17) is 0 Å². The third-order valence-corrected chi connectivity index (χ3v) is 5.40. The number of amides is 3. The number of aromatic amines is 1. The Morgan fingerprint density at radius 3 is 2.80 bits per heavy atom. The molecule has 0 spiro atoms. The van der Waals surface area contributed by atoms with Gasteiger partial charge < -0.3 is 10.3 Å². The van der Waals surface area contributed by atoms with Crippen LogP contribution in [-0.2, 0) is 17.8 Å². The number of pyridine rings is 1. The summed E-state index contributed by atoms with van der Waals surface area (Å²) in [6, 6.07) is 11.7. The number of carbonyl (C=O) groups is 2. The standard InChI is InChI=1S/C22H19N5O3/c1-13-6-7-26-19(8-13)24-15(10-20(26)28)12-27-21(29)18(25-22(27)30)9-14-11-23-17-5-3-2-4-16(14)17/h2-8,10-11,18,23H,9,12H2,1H3,(H,25,30)/t18-/m1/s1. The summed E-state index contributed by atoms with van der Waals surface area (Å²) in [6.07, 6.45) is 3.91. The number of benzene rings is 1. The second-order valence-corrected chi connectivity index (χ2v) is 7.51. The molecule has 3 amide bonds. The van der Waals surface area contributed by atoms with Crippen molar-refractivity contribution in [2.75, 3.05) is 0 Å². The molecule has 8 heteroatoms. The molecule has 0 radical (unpaired) electrons. The largest absolute Gasteiger partial charge is 0.361 e. The van der Waals surface area contributed by atoms with Crippen molar-refractivity contribution in [3.05, 3.63) is 82.0 Å². The number of fused-ring (bicyclic) bond motifs is 2. The first-order chi connectivity index (χ1) is 14.5. The molecule has 30 heavy (non-hydrogen) atoms. The molecule has 1 aliphatic heterocycles. The highest BCUT2D eigenvalue weighted by atomic mass is 16.2. The number of nitrogens with one attached hydrogen (secondary N) is 2. The minimum absolute atomic E-state index is 0.0469. The van der Waals surface area contributed by atoms with Crippen LogP contribution < -0.4 is 10.9 Å². The van der Waals surface area contributed by atoms with E-state index in [1.54, 1.807) is 12.3 Å². The number of urea groups is 1. The zero-order valence-electron chi connectivity index (χ0n) is 16.3. The van der Waals surface area contributed by atoms with Crippen LogP contribution in [0.2, 0.25) is 0 Å². The van der Waals surface area contributed by atoms with Crippen LogP contribution >= 0.6 is 0 Å². The lowest BCUT2D eigenvalue weighted by Gasteiger charge is -2.13. The van der Waals surface area contributed by atoms with Crippen molar-refractivity contribution in [2.45, 2.75) is 25.9 Å². The molecule has 0 bridgehead atoms. The molecule has 4 heterocycles. The molecule has 0 saturated carbocycles. The zero-order chi connectivity index (χ0) is 20.8. The first-order valence-electron chi connectivity index (χ1n) is 9.65. The molecule has 8 nitrogen and oxygen atoms in total. The molecule has 2 N–H and O–H groups in total. The summed E-state index contributed by atoms with van der Waals surface area (Å²) >= 11 is 0. The molecule has 4 aromatic rings. The van der Waals surface area contributed by atoms with Crippen LogP contribution in [0.5, 0.6) is 0 Å². The Morgan fingerprint density at radius 2 is 1.93 bits per heavy atom. The Labute approximate surface area is 171 Å². The fraction of sp³-hybridized carbons (Fsp3) is 0.182. The number of rotatable bonds is 4. The minimum atomic E-state index is -0.652. The maximum atomic E-state index is 12.9. The summed E-state index contributed by atoms with van der Waals surface area (Å²) in [4.78, 5) is 46.5. The number of hydrogen-bond acceptors (Lipinski definition) is 4. The highest BCUT2D eigenvalue weighted by Crippen LogP contribution is 2.21.